The van der Waals surface area contributed by atoms with E-state index in [4.69, 9.17) is 16.3 Å². The molecule has 0 saturated carbocycles. The normalized spacial score (nSPS) is 15.0. The summed E-state index contributed by atoms with van der Waals surface area (Å²) < 4.78 is 20.3. The zero-order chi connectivity index (χ0) is 24.4. The van der Waals surface area contributed by atoms with Crippen LogP contribution in [0.2, 0.25) is 5.02 Å². The highest BCUT2D eigenvalue weighted by atomic mass is 79.9. The molecule has 3 aromatic rings. The van der Waals surface area contributed by atoms with Gasteiger partial charge in [0.2, 0.25) is 0 Å². The maximum absolute atomic E-state index is 13.2. The number of halogens is 4. The van der Waals surface area contributed by atoms with Crippen LogP contribution in [0.3, 0.4) is 0 Å². The molecule has 172 valence electrons. The van der Waals surface area contributed by atoms with E-state index in [2.05, 4.69) is 37.2 Å². The van der Waals surface area contributed by atoms with Crippen molar-refractivity contribution >= 4 is 73.1 Å². The van der Waals surface area contributed by atoms with Crippen LogP contribution in [0.15, 0.2) is 75.2 Å². The van der Waals surface area contributed by atoms with Crippen LogP contribution in [0.25, 0.3) is 6.08 Å². The van der Waals surface area contributed by atoms with Crippen LogP contribution in [0.4, 0.5) is 14.9 Å². The van der Waals surface area contributed by atoms with Gasteiger partial charge in [-0.25, -0.2) is 14.1 Å². The Morgan fingerprint density at radius 2 is 1.76 bits per heavy atom. The van der Waals surface area contributed by atoms with Gasteiger partial charge in [0.25, 0.3) is 11.8 Å². The number of benzene rings is 3. The van der Waals surface area contributed by atoms with Gasteiger partial charge in [-0.05, 0) is 70.0 Å². The second-order valence-electron chi connectivity index (χ2n) is 7.16. The SMILES string of the molecule is O=C1NC(=O)N(c2cccc(Cl)c2)C(=O)/C1=C/c1cc(Br)cc(Br)c1OCc1ccc(F)cc1. The van der Waals surface area contributed by atoms with Crippen molar-refractivity contribution in [1.82, 2.24) is 5.32 Å². The van der Waals surface area contributed by atoms with Crippen molar-refractivity contribution in [2.75, 3.05) is 4.90 Å². The van der Waals surface area contributed by atoms with E-state index >= 15 is 0 Å². The Morgan fingerprint density at radius 1 is 1.03 bits per heavy atom. The van der Waals surface area contributed by atoms with E-state index in [0.29, 0.717) is 25.3 Å². The monoisotopic (exact) mass is 606 g/mol. The molecule has 6 nitrogen and oxygen atoms in total. The van der Waals surface area contributed by atoms with Crippen molar-refractivity contribution in [1.29, 1.82) is 0 Å². The highest BCUT2D eigenvalue weighted by Crippen LogP contribution is 2.36. The van der Waals surface area contributed by atoms with Crippen LogP contribution in [0.1, 0.15) is 11.1 Å². The Morgan fingerprint density at radius 3 is 2.47 bits per heavy atom. The number of carbonyl (C=O) groups excluding carboxylic acids is 3. The smallest absolute Gasteiger partial charge is 0.335 e. The maximum atomic E-state index is 13.2. The summed E-state index contributed by atoms with van der Waals surface area (Å²) in [5.41, 5.74) is 1.08. The first kappa shape index (κ1) is 24.1. The number of barbiturate groups is 1. The third-order valence-electron chi connectivity index (χ3n) is 4.80. The molecule has 10 heteroatoms. The molecule has 0 atom stereocenters. The minimum Gasteiger partial charge on any atom is -0.487 e. The highest BCUT2D eigenvalue weighted by Gasteiger charge is 2.37. The Hall–Kier alpha value is -3.01. The van der Waals surface area contributed by atoms with Crippen molar-refractivity contribution in [2.24, 2.45) is 0 Å². The first-order chi connectivity index (χ1) is 16.2. The van der Waals surface area contributed by atoms with Crippen molar-refractivity contribution < 1.29 is 23.5 Å². The number of anilines is 1. The number of amides is 4. The lowest BCUT2D eigenvalue weighted by atomic mass is 10.1. The second kappa shape index (κ2) is 10.1. The van der Waals surface area contributed by atoms with Gasteiger partial charge in [0.15, 0.2) is 0 Å². The van der Waals surface area contributed by atoms with Crippen LogP contribution in [-0.2, 0) is 16.2 Å². The van der Waals surface area contributed by atoms with Gasteiger partial charge in [0, 0.05) is 15.1 Å². The second-order valence-corrected chi connectivity index (χ2v) is 9.37. The summed E-state index contributed by atoms with van der Waals surface area (Å²) in [6, 6.07) is 14.5. The zero-order valence-electron chi connectivity index (χ0n) is 17.2. The lowest BCUT2D eigenvalue weighted by molar-refractivity contribution is -0.122. The fourth-order valence-electron chi connectivity index (χ4n) is 3.24. The number of imide groups is 2. The first-order valence-electron chi connectivity index (χ1n) is 9.76. The summed E-state index contributed by atoms with van der Waals surface area (Å²) >= 11 is 12.8. The van der Waals surface area contributed by atoms with Gasteiger partial charge < -0.3 is 4.74 Å². The molecule has 0 bridgehead atoms. The van der Waals surface area contributed by atoms with Gasteiger partial charge in [-0.15, -0.1) is 0 Å². The van der Waals surface area contributed by atoms with Crippen molar-refractivity contribution in [3.8, 4) is 5.75 Å². The van der Waals surface area contributed by atoms with E-state index in [9.17, 15) is 18.8 Å². The van der Waals surface area contributed by atoms with E-state index in [1.165, 1.54) is 30.3 Å². The predicted octanol–water partition coefficient (Wildman–Crippen LogP) is 6.25. The van der Waals surface area contributed by atoms with Crippen molar-refractivity contribution in [3.05, 3.63) is 97.1 Å². The molecule has 4 rings (SSSR count). The van der Waals surface area contributed by atoms with Gasteiger partial charge in [-0.2, -0.15) is 0 Å². The van der Waals surface area contributed by atoms with Gasteiger partial charge in [0.05, 0.1) is 10.2 Å². The van der Waals surface area contributed by atoms with E-state index in [1.807, 2.05) is 0 Å². The molecule has 0 unspecified atom stereocenters. The molecule has 0 aliphatic carbocycles. The fourth-order valence-corrected chi connectivity index (χ4v) is 4.80. The number of hydrogen-bond donors (Lipinski definition) is 1. The molecular formula is C24H14Br2ClFN2O4. The summed E-state index contributed by atoms with van der Waals surface area (Å²) in [5.74, 6) is -1.66. The lowest BCUT2D eigenvalue weighted by Gasteiger charge is -2.26. The van der Waals surface area contributed by atoms with Crippen molar-refractivity contribution in [3.63, 3.8) is 0 Å². The molecule has 1 saturated heterocycles. The standard InChI is InChI=1S/C24H14Br2ClFN2O4/c25-15-8-14(21(20(26)10-15)34-12-13-4-6-17(28)7-5-13)9-19-22(31)29-24(33)30(23(19)32)18-3-1-2-16(27)11-18/h1-11H,12H2,(H,29,31,33)/b19-9+. The zero-order valence-corrected chi connectivity index (χ0v) is 21.1. The third-order valence-corrected chi connectivity index (χ3v) is 6.08. The van der Waals surface area contributed by atoms with E-state index in [-0.39, 0.29) is 23.7 Å². The van der Waals surface area contributed by atoms with Crippen LogP contribution in [0, 0.1) is 5.82 Å². The van der Waals surface area contributed by atoms with Gasteiger partial charge >= 0.3 is 6.03 Å². The number of nitrogens with one attached hydrogen (secondary N) is 1. The molecular weight excluding hydrogens is 595 g/mol. The number of carbonyl (C=O) groups is 3. The first-order valence-corrected chi connectivity index (χ1v) is 11.7. The van der Waals surface area contributed by atoms with Gasteiger partial charge in [-0.3, -0.25) is 14.9 Å². The Labute approximate surface area is 215 Å². The van der Waals surface area contributed by atoms with Crippen LogP contribution in [0.5, 0.6) is 5.75 Å². The number of rotatable bonds is 5. The molecule has 3 aromatic carbocycles. The Bertz CT molecular complexity index is 1350. The molecule has 1 heterocycles. The predicted molar refractivity (Wildman–Crippen MR) is 133 cm³/mol. The Kier molecular flexibility index (Phi) is 7.16. The fraction of sp³-hybridized carbons (Fsp3) is 0.0417. The third kappa shape index (κ3) is 5.22. The number of nitrogens with zero attached hydrogens (tertiary/aromatic N) is 1. The summed E-state index contributed by atoms with van der Waals surface area (Å²) in [6.07, 6.45) is 1.34. The highest BCUT2D eigenvalue weighted by molar-refractivity contribution is 9.11. The molecule has 34 heavy (non-hydrogen) atoms. The number of urea groups is 1. The molecule has 1 N–H and O–H groups in total. The minimum atomic E-state index is -0.877. The average Bonchev–Trinajstić information content (AvgIpc) is 2.77. The molecule has 0 spiro atoms. The number of ether oxygens (including phenoxy) is 1. The van der Waals surface area contributed by atoms with Crippen LogP contribution < -0.4 is 15.0 Å². The van der Waals surface area contributed by atoms with Crippen LogP contribution >= 0.6 is 43.5 Å². The van der Waals surface area contributed by atoms with Gasteiger partial charge in [-0.1, -0.05) is 45.7 Å². The summed E-state index contributed by atoms with van der Waals surface area (Å²) in [6.45, 7) is 0.115. The van der Waals surface area contributed by atoms with Crippen molar-refractivity contribution in [2.45, 2.75) is 6.61 Å². The average molecular weight is 609 g/mol. The summed E-state index contributed by atoms with van der Waals surface area (Å²) in [5, 5.41) is 2.50. The lowest BCUT2D eigenvalue weighted by Crippen LogP contribution is -2.54. The topological polar surface area (TPSA) is 75.7 Å². The number of hydrogen-bond acceptors (Lipinski definition) is 4. The molecule has 1 fully saturated rings. The largest absolute Gasteiger partial charge is 0.487 e. The van der Waals surface area contributed by atoms with Gasteiger partial charge in [0.1, 0.15) is 23.7 Å². The maximum Gasteiger partial charge on any atom is 0.335 e. The Balaban J connectivity index is 1.71. The molecule has 1 aliphatic heterocycles. The molecule has 0 aromatic heterocycles. The van der Waals surface area contributed by atoms with E-state index < -0.39 is 17.8 Å². The summed E-state index contributed by atoms with van der Waals surface area (Å²) in [4.78, 5) is 39.0. The summed E-state index contributed by atoms with van der Waals surface area (Å²) in [7, 11) is 0. The van der Waals surface area contributed by atoms with E-state index in [0.717, 1.165) is 10.5 Å². The quantitative estimate of drug-likeness (QED) is 0.275. The molecule has 1 aliphatic rings. The molecule has 0 radical (unpaired) electrons. The molecule has 4 amide bonds. The minimum absolute atomic E-state index is 0.115. The van der Waals surface area contributed by atoms with E-state index in [1.54, 1.807) is 36.4 Å². The van der Waals surface area contributed by atoms with Crippen LogP contribution in [-0.4, -0.2) is 17.8 Å².